The highest BCUT2D eigenvalue weighted by Gasteiger charge is 2.07. The average Bonchev–Trinajstić information content (AvgIpc) is 2.35. The Morgan fingerprint density at radius 2 is 2.12 bits per heavy atom. The maximum absolute atomic E-state index is 8.95. The Kier molecular flexibility index (Phi) is 3.62. The van der Waals surface area contributed by atoms with Gasteiger partial charge in [-0.15, -0.1) is 0 Å². The van der Waals surface area contributed by atoms with Crippen molar-refractivity contribution < 1.29 is 0 Å². The van der Waals surface area contributed by atoms with E-state index in [0.29, 0.717) is 16.4 Å². The predicted octanol–water partition coefficient (Wildman–Crippen LogP) is 4.11. The summed E-state index contributed by atoms with van der Waals surface area (Å²) in [5.41, 5.74) is 1.26. The molecule has 0 radical (unpaired) electrons. The molecule has 3 nitrogen and oxygen atoms in total. The Hall–Kier alpha value is -1.57. The standard InChI is InChI=1S/C12H7BrClN3/c13-11-9(14)4-1-5-10(11)17-12-8(7-15)3-2-6-16-12/h1-6H,(H,16,17). The Bertz CT molecular complexity index is 593. The van der Waals surface area contributed by atoms with Crippen molar-refractivity contribution in [2.45, 2.75) is 0 Å². The molecule has 84 valence electrons. The molecule has 0 bridgehead atoms. The third-order valence-electron chi connectivity index (χ3n) is 2.13. The van der Waals surface area contributed by atoms with Crippen LogP contribution in [0.2, 0.25) is 5.02 Å². The van der Waals surface area contributed by atoms with E-state index in [4.69, 9.17) is 16.9 Å². The molecule has 5 heteroatoms. The van der Waals surface area contributed by atoms with Gasteiger partial charge < -0.3 is 5.32 Å². The molecule has 0 unspecified atom stereocenters. The van der Waals surface area contributed by atoms with Crippen LogP contribution in [0.15, 0.2) is 41.0 Å². The van der Waals surface area contributed by atoms with Crippen LogP contribution in [0.3, 0.4) is 0 Å². The molecule has 17 heavy (non-hydrogen) atoms. The van der Waals surface area contributed by atoms with Crippen LogP contribution in [0.4, 0.5) is 11.5 Å². The summed E-state index contributed by atoms with van der Waals surface area (Å²) in [7, 11) is 0. The molecule has 1 N–H and O–H groups in total. The molecule has 1 aromatic heterocycles. The molecule has 2 aromatic rings. The van der Waals surface area contributed by atoms with Crippen molar-refractivity contribution in [1.82, 2.24) is 4.98 Å². The number of hydrogen-bond donors (Lipinski definition) is 1. The number of hydrogen-bond acceptors (Lipinski definition) is 3. The van der Waals surface area contributed by atoms with Crippen molar-refractivity contribution in [2.75, 3.05) is 5.32 Å². The molecule has 0 fully saturated rings. The highest BCUT2D eigenvalue weighted by Crippen LogP contribution is 2.32. The normalized spacial score (nSPS) is 9.71. The van der Waals surface area contributed by atoms with Crippen LogP contribution >= 0.6 is 27.5 Å². The van der Waals surface area contributed by atoms with E-state index in [1.807, 2.05) is 12.1 Å². The van der Waals surface area contributed by atoms with Crippen LogP contribution in [-0.4, -0.2) is 4.98 Å². The van der Waals surface area contributed by atoms with Crippen LogP contribution in [0.1, 0.15) is 5.56 Å². The number of aromatic nitrogens is 1. The first kappa shape index (κ1) is 11.9. The number of nitrogens with zero attached hydrogens (tertiary/aromatic N) is 2. The van der Waals surface area contributed by atoms with Crippen LogP contribution in [0.5, 0.6) is 0 Å². The average molecular weight is 309 g/mol. The minimum Gasteiger partial charge on any atom is -0.338 e. The minimum absolute atomic E-state index is 0.486. The maximum atomic E-state index is 8.95. The number of benzene rings is 1. The van der Waals surface area contributed by atoms with Crippen molar-refractivity contribution in [3.63, 3.8) is 0 Å². The zero-order valence-corrected chi connectivity index (χ0v) is 11.0. The number of pyridine rings is 1. The van der Waals surface area contributed by atoms with Gasteiger partial charge in [0.2, 0.25) is 0 Å². The third kappa shape index (κ3) is 2.57. The highest BCUT2D eigenvalue weighted by atomic mass is 79.9. The number of halogens is 2. The molecule has 0 aliphatic rings. The van der Waals surface area contributed by atoms with E-state index in [9.17, 15) is 0 Å². The number of nitriles is 1. The molecule has 0 spiro atoms. The van der Waals surface area contributed by atoms with E-state index in [2.05, 4.69) is 32.3 Å². The van der Waals surface area contributed by atoms with Gasteiger partial charge in [0, 0.05) is 6.20 Å². The predicted molar refractivity (Wildman–Crippen MR) is 71.4 cm³/mol. The first-order chi connectivity index (χ1) is 8.22. The zero-order chi connectivity index (χ0) is 12.3. The van der Waals surface area contributed by atoms with Crippen LogP contribution in [0, 0.1) is 11.3 Å². The molecule has 2 rings (SSSR count). The Morgan fingerprint density at radius 3 is 2.88 bits per heavy atom. The van der Waals surface area contributed by atoms with Gasteiger partial charge in [-0.25, -0.2) is 4.98 Å². The lowest BCUT2D eigenvalue weighted by molar-refractivity contribution is 1.28. The van der Waals surface area contributed by atoms with Gasteiger partial charge in [0.1, 0.15) is 11.9 Å². The summed E-state index contributed by atoms with van der Waals surface area (Å²) >= 11 is 9.36. The van der Waals surface area contributed by atoms with Crippen molar-refractivity contribution in [1.29, 1.82) is 5.26 Å². The molecule has 0 atom stereocenters. The topological polar surface area (TPSA) is 48.7 Å². The molecular weight excluding hydrogens is 302 g/mol. The van der Waals surface area contributed by atoms with E-state index in [1.54, 1.807) is 24.4 Å². The lowest BCUT2D eigenvalue weighted by Gasteiger charge is -2.09. The lowest BCUT2D eigenvalue weighted by Crippen LogP contribution is -1.97. The number of anilines is 2. The van der Waals surface area contributed by atoms with Gasteiger partial charge in [-0.1, -0.05) is 17.7 Å². The summed E-state index contributed by atoms with van der Waals surface area (Å²) in [5, 5.41) is 12.6. The molecule has 0 amide bonds. The highest BCUT2D eigenvalue weighted by molar-refractivity contribution is 9.10. The quantitative estimate of drug-likeness (QED) is 0.908. The van der Waals surface area contributed by atoms with Gasteiger partial charge in [0.25, 0.3) is 0 Å². The summed E-state index contributed by atoms with van der Waals surface area (Å²) in [6.45, 7) is 0. The minimum atomic E-state index is 0.486. The fraction of sp³-hybridized carbons (Fsp3) is 0. The van der Waals surface area contributed by atoms with Gasteiger partial charge in [0.15, 0.2) is 0 Å². The van der Waals surface area contributed by atoms with Gasteiger partial charge in [-0.2, -0.15) is 5.26 Å². The van der Waals surface area contributed by atoms with Crippen molar-refractivity contribution in [2.24, 2.45) is 0 Å². The second-order valence-electron chi connectivity index (χ2n) is 3.24. The van der Waals surface area contributed by atoms with Gasteiger partial charge in [-0.3, -0.25) is 0 Å². The van der Waals surface area contributed by atoms with Crippen molar-refractivity contribution in [3.8, 4) is 6.07 Å². The summed E-state index contributed by atoms with van der Waals surface area (Å²) < 4.78 is 0.746. The fourth-order valence-corrected chi connectivity index (χ4v) is 1.86. The molecule has 0 saturated carbocycles. The molecular formula is C12H7BrClN3. The summed E-state index contributed by atoms with van der Waals surface area (Å²) in [6, 6.07) is 11.0. The van der Waals surface area contributed by atoms with Gasteiger partial charge in [-0.05, 0) is 40.2 Å². The maximum Gasteiger partial charge on any atom is 0.148 e. The van der Waals surface area contributed by atoms with Crippen molar-refractivity contribution >= 4 is 39.0 Å². The van der Waals surface area contributed by atoms with E-state index in [1.165, 1.54) is 0 Å². The first-order valence-corrected chi connectivity index (χ1v) is 5.95. The Balaban J connectivity index is 2.39. The first-order valence-electron chi connectivity index (χ1n) is 4.78. The summed E-state index contributed by atoms with van der Waals surface area (Å²) in [4.78, 5) is 4.12. The van der Waals surface area contributed by atoms with E-state index in [0.717, 1.165) is 10.2 Å². The number of rotatable bonds is 2. The second-order valence-corrected chi connectivity index (χ2v) is 4.44. The molecule has 1 aromatic carbocycles. The Labute approximate surface area is 112 Å². The molecule has 0 aliphatic heterocycles. The smallest absolute Gasteiger partial charge is 0.148 e. The lowest BCUT2D eigenvalue weighted by atomic mass is 10.2. The summed E-state index contributed by atoms with van der Waals surface area (Å²) in [5.74, 6) is 0.512. The van der Waals surface area contributed by atoms with E-state index >= 15 is 0 Å². The SMILES string of the molecule is N#Cc1cccnc1Nc1cccc(Cl)c1Br. The Morgan fingerprint density at radius 1 is 1.29 bits per heavy atom. The van der Waals surface area contributed by atoms with Crippen LogP contribution in [-0.2, 0) is 0 Å². The van der Waals surface area contributed by atoms with Crippen LogP contribution in [0.25, 0.3) is 0 Å². The molecule has 1 heterocycles. The third-order valence-corrected chi connectivity index (χ3v) is 3.53. The molecule has 0 saturated heterocycles. The number of nitrogens with one attached hydrogen (secondary N) is 1. The summed E-state index contributed by atoms with van der Waals surface area (Å²) in [6.07, 6.45) is 1.63. The van der Waals surface area contributed by atoms with E-state index in [-0.39, 0.29) is 0 Å². The largest absolute Gasteiger partial charge is 0.338 e. The van der Waals surface area contributed by atoms with Gasteiger partial charge in [0.05, 0.1) is 20.7 Å². The monoisotopic (exact) mass is 307 g/mol. The zero-order valence-electron chi connectivity index (χ0n) is 8.61. The molecule has 0 aliphatic carbocycles. The van der Waals surface area contributed by atoms with Crippen molar-refractivity contribution in [3.05, 3.63) is 51.6 Å². The fourth-order valence-electron chi connectivity index (χ4n) is 1.32. The van der Waals surface area contributed by atoms with E-state index < -0.39 is 0 Å². The van der Waals surface area contributed by atoms with Gasteiger partial charge >= 0.3 is 0 Å². The van der Waals surface area contributed by atoms with Crippen LogP contribution < -0.4 is 5.32 Å². The second kappa shape index (κ2) is 5.17.